The molecule has 1 aromatic carbocycles. The molecule has 1 saturated carbocycles. The van der Waals surface area contributed by atoms with Gasteiger partial charge < -0.3 is 5.32 Å². The summed E-state index contributed by atoms with van der Waals surface area (Å²) in [5.41, 5.74) is 0.592. The molecule has 2 aromatic rings. The molecule has 154 valence electrons. The average molecular weight is 415 g/mol. The Labute approximate surface area is 173 Å². The molecule has 3 amide bonds. The number of amides is 3. The molecule has 2 aliphatic rings. The number of urea groups is 1. The van der Waals surface area contributed by atoms with Gasteiger partial charge in [-0.1, -0.05) is 50.6 Å². The Morgan fingerprint density at radius 1 is 1.24 bits per heavy atom. The molecular formula is C21H26N4O3S. The Hall–Kier alpha value is -2.35. The van der Waals surface area contributed by atoms with Crippen LogP contribution in [0.4, 0.5) is 4.79 Å². The first-order valence-corrected chi connectivity index (χ1v) is 11.2. The lowest BCUT2D eigenvalue weighted by molar-refractivity contribution is -0.124. The number of carbonyl (C=O) groups excluding carboxylic acids is 2. The van der Waals surface area contributed by atoms with Crippen LogP contribution in [0.3, 0.4) is 0 Å². The molecule has 1 N–H and O–H groups in total. The highest BCUT2D eigenvalue weighted by Gasteiger charge is 2.32. The van der Waals surface area contributed by atoms with Crippen molar-refractivity contribution in [1.82, 2.24) is 19.8 Å². The molecule has 0 bridgehead atoms. The van der Waals surface area contributed by atoms with Crippen LogP contribution in [-0.4, -0.2) is 45.2 Å². The second kappa shape index (κ2) is 8.18. The molecule has 0 unspecified atom stereocenters. The van der Waals surface area contributed by atoms with E-state index in [1.165, 1.54) is 23.1 Å². The Morgan fingerprint density at radius 2 is 2.03 bits per heavy atom. The third kappa shape index (κ3) is 3.77. The number of hydrogen-bond donors (Lipinski definition) is 1. The number of thioether (sulfide) groups is 1. The fourth-order valence-corrected chi connectivity index (χ4v) is 5.28. The lowest BCUT2D eigenvalue weighted by Crippen LogP contribution is -2.37. The van der Waals surface area contributed by atoms with Gasteiger partial charge in [0.2, 0.25) is 5.91 Å². The zero-order chi connectivity index (χ0) is 20.5. The Kier molecular flexibility index (Phi) is 5.63. The fraction of sp³-hybridized carbons (Fsp3) is 0.524. The number of fused-ring (bicyclic) bond motifs is 1. The first kappa shape index (κ1) is 19.9. The average Bonchev–Trinajstić information content (AvgIpc) is 3.15. The highest BCUT2D eigenvalue weighted by Crippen LogP contribution is 2.38. The second-order valence-electron chi connectivity index (χ2n) is 7.99. The van der Waals surface area contributed by atoms with Crippen molar-refractivity contribution < 1.29 is 9.59 Å². The smallest absolute Gasteiger partial charge is 0.324 e. The first-order chi connectivity index (χ1) is 14.0. The van der Waals surface area contributed by atoms with Crippen LogP contribution >= 0.6 is 11.8 Å². The van der Waals surface area contributed by atoms with Crippen LogP contribution in [0.15, 0.2) is 34.2 Å². The monoisotopic (exact) mass is 414 g/mol. The van der Waals surface area contributed by atoms with E-state index in [2.05, 4.69) is 19.2 Å². The van der Waals surface area contributed by atoms with Gasteiger partial charge >= 0.3 is 6.03 Å². The minimum Gasteiger partial charge on any atom is -0.336 e. The summed E-state index contributed by atoms with van der Waals surface area (Å²) < 4.78 is 1.81. The van der Waals surface area contributed by atoms with Crippen LogP contribution in [0.25, 0.3) is 10.9 Å². The standard InChI is InChI=1S/C21H26N4O3S/c1-13-6-5-9-17(14(13)2)25-19(27)15-7-3-4-8-16(15)23-21(25)29-12-18(26)24-11-10-22-20(24)28/h3-4,7-8,13-14,17H,5-6,9-12H2,1-2H3,(H,22,28)/t13-,14+,17+/m0/s1. The number of hydrogen-bond acceptors (Lipinski definition) is 5. The SMILES string of the molecule is C[C@H]1[C@H](n2c(SCC(=O)N3CCNC3=O)nc3ccccc3c2=O)CCC[C@@H]1C. The molecule has 1 aliphatic heterocycles. The van der Waals surface area contributed by atoms with Crippen LogP contribution in [0.2, 0.25) is 0 Å². The molecular weight excluding hydrogens is 388 g/mol. The molecule has 3 atom stereocenters. The summed E-state index contributed by atoms with van der Waals surface area (Å²) in [5.74, 6) is 0.697. The molecule has 1 aliphatic carbocycles. The van der Waals surface area contributed by atoms with E-state index >= 15 is 0 Å². The van der Waals surface area contributed by atoms with Gasteiger partial charge in [0.1, 0.15) is 0 Å². The molecule has 1 aromatic heterocycles. The zero-order valence-corrected chi connectivity index (χ0v) is 17.6. The normalized spacial score (nSPS) is 24.7. The number of aromatic nitrogens is 2. The largest absolute Gasteiger partial charge is 0.336 e. The molecule has 0 spiro atoms. The predicted molar refractivity (Wildman–Crippen MR) is 113 cm³/mol. The Morgan fingerprint density at radius 3 is 2.79 bits per heavy atom. The number of nitrogens with one attached hydrogen (secondary N) is 1. The molecule has 29 heavy (non-hydrogen) atoms. The van der Waals surface area contributed by atoms with Gasteiger partial charge in [-0.25, -0.2) is 9.78 Å². The van der Waals surface area contributed by atoms with E-state index < -0.39 is 0 Å². The van der Waals surface area contributed by atoms with Crippen molar-refractivity contribution in [3.8, 4) is 0 Å². The van der Waals surface area contributed by atoms with Gasteiger partial charge in [0, 0.05) is 19.1 Å². The van der Waals surface area contributed by atoms with Crippen LogP contribution in [0.1, 0.15) is 39.2 Å². The van der Waals surface area contributed by atoms with E-state index in [0.717, 1.165) is 12.8 Å². The van der Waals surface area contributed by atoms with Crippen LogP contribution in [0.5, 0.6) is 0 Å². The topological polar surface area (TPSA) is 84.3 Å². The van der Waals surface area contributed by atoms with Gasteiger partial charge in [-0.15, -0.1) is 0 Å². The molecule has 7 nitrogen and oxygen atoms in total. The Bertz CT molecular complexity index is 1010. The highest BCUT2D eigenvalue weighted by atomic mass is 32.2. The number of imide groups is 1. The summed E-state index contributed by atoms with van der Waals surface area (Å²) in [6.45, 7) is 5.29. The third-order valence-corrected chi connectivity index (χ3v) is 7.19. The maximum atomic E-state index is 13.4. The summed E-state index contributed by atoms with van der Waals surface area (Å²) in [7, 11) is 0. The summed E-state index contributed by atoms with van der Waals surface area (Å²) >= 11 is 1.25. The number of para-hydroxylation sites is 1. The number of carbonyl (C=O) groups is 2. The predicted octanol–water partition coefficient (Wildman–Crippen LogP) is 3.04. The summed E-state index contributed by atoms with van der Waals surface area (Å²) in [6.07, 6.45) is 3.17. The minimum atomic E-state index is -0.353. The van der Waals surface area contributed by atoms with Crippen molar-refractivity contribution in [3.63, 3.8) is 0 Å². The lowest BCUT2D eigenvalue weighted by Gasteiger charge is -2.36. The van der Waals surface area contributed by atoms with Crippen molar-refractivity contribution in [1.29, 1.82) is 0 Å². The van der Waals surface area contributed by atoms with E-state index in [-0.39, 0.29) is 29.3 Å². The molecule has 2 fully saturated rings. The van der Waals surface area contributed by atoms with Crippen molar-refractivity contribution >= 4 is 34.6 Å². The molecule has 0 radical (unpaired) electrons. The van der Waals surface area contributed by atoms with Gasteiger partial charge in [0.25, 0.3) is 5.56 Å². The second-order valence-corrected chi connectivity index (χ2v) is 8.93. The Balaban J connectivity index is 1.70. The molecule has 4 rings (SSSR count). The van der Waals surface area contributed by atoms with Crippen LogP contribution in [-0.2, 0) is 4.79 Å². The summed E-state index contributed by atoms with van der Waals surface area (Å²) in [5, 5.41) is 3.81. The fourth-order valence-electron chi connectivity index (χ4n) is 4.35. The van der Waals surface area contributed by atoms with Gasteiger partial charge in [-0.3, -0.25) is 19.1 Å². The van der Waals surface area contributed by atoms with Crippen LogP contribution < -0.4 is 10.9 Å². The maximum absolute atomic E-state index is 13.4. The first-order valence-electron chi connectivity index (χ1n) is 10.2. The molecule has 2 heterocycles. The number of benzene rings is 1. The lowest BCUT2D eigenvalue weighted by atomic mass is 9.78. The number of nitrogens with zero attached hydrogens (tertiary/aromatic N) is 3. The van der Waals surface area contributed by atoms with E-state index in [0.29, 0.717) is 41.0 Å². The third-order valence-electron chi connectivity index (χ3n) is 6.25. The van der Waals surface area contributed by atoms with E-state index in [1.807, 2.05) is 28.8 Å². The van der Waals surface area contributed by atoms with Gasteiger partial charge in [-0.05, 0) is 30.4 Å². The van der Waals surface area contributed by atoms with Gasteiger partial charge in [0.05, 0.1) is 16.7 Å². The van der Waals surface area contributed by atoms with Crippen molar-refractivity contribution in [2.75, 3.05) is 18.8 Å². The van der Waals surface area contributed by atoms with Gasteiger partial charge in [0.15, 0.2) is 5.16 Å². The summed E-state index contributed by atoms with van der Waals surface area (Å²) in [6, 6.07) is 7.06. The van der Waals surface area contributed by atoms with E-state index in [1.54, 1.807) is 0 Å². The molecule has 1 saturated heterocycles. The van der Waals surface area contributed by atoms with E-state index in [4.69, 9.17) is 4.98 Å². The quantitative estimate of drug-likeness (QED) is 0.614. The maximum Gasteiger partial charge on any atom is 0.324 e. The van der Waals surface area contributed by atoms with Crippen molar-refractivity contribution in [2.24, 2.45) is 11.8 Å². The zero-order valence-electron chi connectivity index (χ0n) is 16.8. The van der Waals surface area contributed by atoms with E-state index in [9.17, 15) is 14.4 Å². The summed E-state index contributed by atoms with van der Waals surface area (Å²) in [4.78, 5) is 43.6. The highest BCUT2D eigenvalue weighted by molar-refractivity contribution is 7.99. The van der Waals surface area contributed by atoms with Crippen LogP contribution in [0, 0.1) is 11.8 Å². The van der Waals surface area contributed by atoms with Crippen molar-refractivity contribution in [3.05, 3.63) is 34.6 Å². The molecule has 8 heteroatoms. The van der Waals surface area contributed by atoms with Gasteiger partial charge in [-0.2, -0.15) is 0 Å². The minimum absolute atomic E-state index is 0.0459. The van der Waals surface area contributed by atoms with Crippen molar-refractivity contribution in [2.45, 2.75) is 44.3 Å². The number of rotatable bonds is 4.